The van der Waals surface area contributed by atoms with Gasteiger partial charge >= 0.3 is 11.9 Å². The van der Waals surface area contributed by atoms with Gasteiger partial charge in [-0.15, -0.1) is 0 Å². The van der Waals surface area contributed by atoms with Crippen molar-refractivity contribution in [3.8, 4) is 0 Å². The van der Waals surface area contributed by atoms with E-state index in [1.165, 1.54) is 9.80 Å². The summed E-state index contributed by atoms with van der Waals surface area (Å²) in [7, 11) is -1.37. The average molecular weight is 574 g/mol. The third kappa shape index (κ3) is 7.87. The van der Waals surface area contributed by atoms with Crippen LogP contribution in [0, 0.1) is 3.57 Å². The van der Waals surface area contributed by atoms with Gasteiger partial charge in [-0.1, -0.05) is 19.6 Å². The summed E-state index contributed by atoms with van der Waals surface area (Å²) in [5.74, 6) is -2.07. The molecule has 0 N–H and O–H groups in total. The first-order valence-electron chi connectivity index (χ1n) is 10.4. The van der Waals surface area contributed by atoms with Crippen LogP contribution in [0.5, 0.6) is 0 Å². The second kappa shape index (κ2) is 10.3. The van der Waals surface area contributed by atoms with Gasteiger partial charge in [-0.2, -0.15) is 0 Å². The summed E-state index contributed by atoms with van der Waals surface area (Å²) >= 11 is 2.07. The van der Waals surface area contributed by atoms with Crippen molar-refractivity contribution in [1.82, 2.24) is 4.90 Å². The third-order valence-electron chi connectivity index (χ3n) is 4.54. The first-order valence-corrected chi connectivity index (χ1v) is 15.2. The summed E-state index contributed by atoms with van der Waals surface area (Å²) in [5.41, 5.74) is -0.135. The molecule has 0 unspecified atom stereocenters. The Morgan fingerprint density at radius 3 is 2.34 bits per heavy atom. The highest BCUT2D eigenvalue weighted by molar-refractivity contribution is 14.1. The van der Waals surface area contributed by atoms with Crippen LogP contribution in [0.1, 0.15) is 31.1 Å². The normalized spacial score (nSPS) is 14.7. The fourth-order valence-corrected chi connectivity index (χ4v) is 4.22. The van der Waals surface area contributed by atoms with E-state index in [4.69, 9.17) is 9.47 Å². The third-order valence-corrected chi connectivity index (χ3v) is 6.91. The molecule has 0 aromatic heterocycles. The number of hydrogen-bond acceptors (Lipinski definition) is 6. The monoisotopic (exact) mass is 574 g/mol. The zero-order valence-electron chi connectivity index (χ0n) is 19.5. The molecule has 0 radical (unpaired) electrons. The van der Waals surface area contributed by atoms with Crippen LogP contribution < -0.4 is 4.90 Å². The Balaban J connectivity index is 2.24. The molecule has 0 atom stereocenters. The minimum atomic E-state index is -1.37. The quantitative estimate of drug-likeness (QED) is 0.282. The lowest BCUT2D eigenvalue weighted by molar-refractivity contribution is -0.153. The number of benzene rings is 1. The van der Waals surface area contributed by atoms with E-state index < -0.39 is 37.4 Å². The number of carbonyl (C=O) groups excluding carboxylic acids is 4. The van der Waals surface area contributed by atoms with Gasteiger partial charge in [-0.05, 0) is 67.6 Å². The van der Waals surface area contributed by atoms with E-state index in [-0.39, 0.29) is 25.2 Å². The van der Waals surface area contributed by atoms with E-state index in [9.17, 15) is 19.2 Å². The minimum absolute atomic E-state index is 0.251. The molecule has 32 heavy (non-hydrogen) atoms. The fourth-order valence-electron chi connectivity index (χ4n) is 3.02. The molecule has 1 aromatic carbocycles. The van der Waals surface area contributed by atoms with Gasteiger partial charge < -0.3 is 14.4 Å². The summed E-state index contributed by atoms with van der Waals surface area (Å²) in [4.78, 5) is 53.4. The highest BCUT2D eigenvalue weighted by Crippen LogP contribution is 2.28. The summed E-state index contributed by atoms with van der Waals surface area (Å²) < 4.78 is 11.4. The first kappa shape index (κ1) is 26.3. The smallest absolute Gasteiger partial charge is 0.326 e. The number of anilines is 1. The van der Waals surface area contributed by atoms with E-state index in [2.05, 4.69) is 42.2 Å². The maximum atomic E-state index is 13.2. The number of carbonyl (C=O) groups is 4. The molecule has 2 rings (SSSR count). The second-order valence-electron chi connectivity index (χ2n) is 9.92. The van der Waals surface area contributed by atoms with Gasteiger partial charge in [0.15, 0.2) is 0 Å². The van der Waals surface area contributed by atoms with Gasteiger partial charge in [0, 0.05) is 11.6 Å². The van der Waals surface area contributed by atoms with Crippen molar-refractivity contribution in [2.24, 2.45) is 0 Å². The molecule has 176 valence electrons. The Bertz CT molecular complexity index is 907. The largest absolute Gasteiger partial charge is 0.465 e. The Hall–Kier alpha value is -1.95. The van der Waals surface area contributed by atoms with Crippen molar-refractivity contribution < 1.29 is 28.7 Å². The molecule has 1 aromatic rings. The summed E-state index contributed by atoms with van der Waals surface area (Å²) in [6.45, 7) is 11.0. The van der Waals surface area contributed by atoms with Crippen LogP contribution in [0.2, 0.25) is 25.7 Å². The number of hydrogen-bond donors (Lipinski definition) is 0. The zero-order chi connectivity index (χ0) is 24.3. The standard InChI is InChI=1S/C22H31IN2O6Si/c1-22(2,3)31-20(28)14-25-17-8-7-15(23)11-16(17)21(29)24(12-18(25)26)13-19(27)30-9-10-32(4,5)6/h7-8,11H,9-10,12-14H2,1-6H3. The molecule has 1 aliphatic rings. The lowest BCUT2D eigenvalue weighted by atomic mass is 10.1. The SMILES string of the molecule is CC(C)(C)OC(=O)CN1C(=O)CN(CC(=O)OCC[Si](C)(C)C)C(=O)c2cc(I)ccc21. The molecule has 8 nitrogen and oxygen atoms in total. The number of ether oxygens (including phenoxy) is 2. The molecule has 0 fully saturated rings. The number of rotatable bonds is 7. The molecule has 0 aliphatic carbocycles. The fraction of sp³-hybridized carbons (Fsp3) is 0.545. The highest BCUT2D eigenvalue weighted by atomic mass is 127. The van der Waals surface area contributed by atoms with Crippen molar-refractivity contribution in [3.05, 3.63) is 27.3 Å². The molecular weight excluding hydrogens is 543 g/mol. The van der Waals surface area contributed by atoms with Crippen molar-refractivity contribution >= 4 is 60.1 Å². The highest BCUT2D eigenvalue weighted by Gasteiger charge is 2.34. The minimum Gasteiger partial charge on any atom is -0.465 e. The maximum Gasteiger partial charge on any atom is 0.326 e. The molecular formula is C22H31IN2O6Si. The Labute approximate surface area is 203 Å². The van der Waals surface area contributed by atoms with Crippen LogP contribution in [0.15, 0.2) is 18.2 Å². The molecule has 0 spiro atoms. The predicted molar refractivity (Wildman–Crippen MR) is 132 cm³/mol. The lowest BCUT2D eigenvalue weighted by Gasteiger charge is -2.25. The van der Waals surface area contributed by atoms with Crippen LogP contribution in [0.25, 0.3) is 0 Å². The lowest BCUT2D eigenvalue weighted by Crippen LogP contribution is -2.44. The molecule has 0 saturated heterocycles. The zero-order valence-corrected chi connectivity index (χ0v) is 22.6. The van der Waals surface area contributed by atoms with Gasteiger partial charge in [-0.25, -0.2) is 0 Å². The molecule has 0 saturated carbocycles. The van der Waals surface area contributed by atoms with Gasteiger partial charge in [0.25, 0.3) is 5.91 Å². The molecule has 1 heterocycles. The summed E-state index contributed by atoms with van der Waals surface area (Å²) in [6.07, 6.45) is 0. The van der Waals surface area contributed by atoms with E-state index in [0.717, 1.165) is 9.61 Å². The van der Waals surface area contributed by atoms with Gasteiger partial charge in [0.1, 0.15) is 25.2 Å². The van der Waals surface area contributed by atoms with Crippen molar-refractivity contribution in [2.75, 3.05) is 31.1 Å². The summed E-state index contributed by atoms with van der Waals surface area (Å²) in [6, 6.07) is 5.84. The number of nitrogens with zero attached hydrogens (tertiary/aromatic N) is 2. The van der Waals surface area contributed by atoms with Crippen LogP contribution in [-0.2, 0) is 23.9 Å². The van der Waals surface area contributed by atoms with Gasteiger partial charge in [-0.3, -0.25) is 24.1 Å². The topological polar surface area (TPSA) is 93.2 Å². The van der Waals surface area contributed by atoms with Crippen LogP contribution >= 0.6 is 22.6 Å². The second-order valence-corrected chi connectivity index (χ2v) is 16.8. The maximum absolute atomic E-state index is 13.2. The van der Waals surface area contributed by atoms with Crippen LogP contribution in [-0.4, -0.2) is 68.6 Å². The Morgan fingerprint density at radius 1 is 1.09 bits per heavy atom. The summed E-state index contributed by atoms with van der Waals surface area (Å²) in [5, 5.41) is 0. The van der Waals surface area contributed by atoms with Crippen LogP contribution in [0.3, 0.4) is 0 Å². The number of amides is 2. The van der Waals surface area contributed by atoms with Crippen LogP contribution in [0.4, 0.5) is 5.69 Å². The average Bonchev–Trinajstić information content (AvgIpc) is 2.70. The van der Waals surface area contributed by atoms with Crippen molar-refractivity contribution in [3.63, 3.8) is 0 Å². The number of esters is 2. The van der Waals surface area contributed by atoms with E-state index >= 15 is 0 Å². The number of fused-ring (bicyclic) bond motifs is 1. The predicted octanol–water partition coefficient (Wildman–Crippen LogP) is 3.30. The molecule has 1 aliphatic heterocycles. The van der Waals surface area contributed by atoms with E-state index in [0.29, 0.717) is 12.3 Å². The van der Waals surface area contributed by atoms with E-state index in [1.54, 1.807) is 39.0 Å². The Morgan fingerprint density at radius 2 is 1.75 bits per heavy atom. The number of halogens is 1. The van der Waals surface area contributed by atoms with Crippen molar-refractivity contribution in [1.29, 1.82) is 0 Å². The molecule has 2 amide bonds. The van der Waals surface area contributed by atoms with Gasteiger partial charge in [0.2, 0.25) is 5.91 Å². The van der Waals surface area contributed by atoms with E-state index in [1.807, 2.05) is 0 Å². The van der Waals surface area contributed by atoms with Crippen molar-refractivity contribution in [2.45, 2.75) is 52.1 Å². The Kier molecular flexibility index (Phi) is 8.48. The molecule has 10 heteroatoms. The molecule has 0 bridgehead atoms. The van der Waals surface area contributed by atoms with Gasteiger partial charge in [0.05, 0.1) is 17.9 Å². The first-order chi connectivity index (χ1) is 14.7.